The van der Waals surface area contributed by atoms with Crippen molar-refractivity contribution >= 4 is 39.7 Å². The van der Waals surface area contributed by atoms with Gasteiger partial charge in [-0.1, -0.05) is 0 Å². The van der Waals surface area contributed by atoms with Gasteiger partial charge < -0.3 is 19.5 Å². The number of carbonyl (C=O) groups is 3. The number of fused-ring (bicyclic) bond motifs is 1. The van der Waals surface area contributed by atoms with Crippen LogP contribution in [0.1, 0.15) is 59.9 Å². The number of aromatic hydroxyl groups is 1. The first kappa shape index (κ1) is 32.1. The highest BCUT2D eigenvalue weighted by Gasteiger charge is 2.44. The topological polar surface area (TPSA) is 146 Å². The molecule has 1 fully saturated rings. The van der Waals surface area contributed by atoms with E-state index >= 15 is 4.39 Å². The Labute approximate surface area is 236 Å². The molecule has 0 aromatic heterocycles. The Morgan fingerprint density at radius 1 is 1.17 bits per heavy atom. The quantitative estimate of drug-likeness (QED) is 0.477. The molecule has 0 bridgehead atoms. The Kier molecular flexibility index (Phi) is 8.96. The summed E-state index contributed by atoms with van der Waals surface area (Å²) in [5, 5.41) is 10.7. The number of amides is 3. The molecule has 1 saturated heterocycles. The van der Waals surface area contributed by atoms with Gasteiger partial charge in [-0.15, -0.1) is 0 Å². The average Bonchev–Trinajstić information content (AvgIpc) is 3.25. The molecule has 0 spiro atoms. The van der Waals surface area contributed by atoms with Crippen LogP contribution in [0.25, 0.3) is 0 Å². The molecule has 12 nitrogen and oxygen atoms in total. The van der Waals surface area contributed by atoms with E-state index < -0.39 is 82.2 Å². The van der Waals surface area contributed by atoms with Crippen molar-refractivity contribution in [3.05, 3.63) is 17.4 Å². The van der Waals surface area contributed by atoms with Crippen molar-refractivity contribution in [2.75, 3.05) is 28.8 Å². The third-order valence-corrected chi connectivity index (χ3v) is 7.33. The lowest BCUT2D eigenvalue weighted by molar-refractivity contribution is -0.117. The number of nitrogens with one attached hydrogen (secondary N) is 1. The number of carbonyl (C=O) groups excluding carboxylic acids is 3. The van der Waals surface area contributed by atoms with E-state index in [1.165, 1.54) is 0 Å². The number of halogens is 3. The summed E-state index contributed by atoms with van der Waals surface area (Å²) in [6.45, 7) is 8.41. The summed E-state index contributed by atoms with van der Waals surface area (Å²) in [6, 6.07) is -0.0390. The van der Waals surface area contributed by atoms with Gasteiger partial charge in [0.15, 0.2) is 5.82 Å². The fourth-order valence-electron chi connectivity index (χ4n) is 4.45. The first-order chi connectivity index (χ1) is 18.7. The van der Waals surface area contributed by atoms with E-state index in [2.05, 4.69) is 0 Å². The normalized spacial score (nSPS) is 18.4. The van der Waals surface area contributed by atoms with Gasteiger partial charge in [0.05, 0.1) is 11.7 Å². The summed E-state index contributed by atoms with van der Waals surface area (Å²) in [5.41, 5.74) is -3.03. The minimum absolute atomic E-state index is 0.0871. The number of ether oxygens (including phenoxy) is 2. The van der Waals surface area contributed by atoms with Crippen molar-refractivity contribution in [3.8, 4) is 5.75 Å². The number of phenolic OH excluding ortho intramolecular Hbond substituents is 1. The van der Waals surface area contributed by atoms with Crippen molar-refractivity contribution in [2.24, 2.45) is 0 Å². The molecule has 2 aliphatic heterocycles. The van der Waals surface area contributed by atoms with Crippen LogP contribution in [0.5, 0.6) is 5.75 Å². The molecule has 2 heterocycles. The molecule has 0 saturated carbocycles. The van der Waals surface area contributed by atoms with Gasteiger partial charge in [-0.2, -0.15) is 8.42 Å². The first-order valence-electron chi connectivity index (χ1n) is 12.9. The Morgan fingerprint density at radius 3 is 2.29 bits per heavy atom. The summed E-state index contributed by atoms with van der Waals surface area (Å²) in [5.74, 6) is -3.00. The first-order valence-corrected chi connectivity index (χ1v) is 14.3. The molecule has 0 unspecified atom stereocenters. The number of hydrogen-bond donors (Lipinski definition) is 2. The molecule has 41 heavy (non-hydrogen) atoms. The number of benzene rings is 1. The summed E-state index contributed by atoms with van der Waals surface area (Å²) >= 11 is 0. The number of phenols is 1. The molecule has 1 atom stereocenters. The molecular weight excluding hydrogens is 573 g/mol. The highest BCUT2D eigenvalue weighted by atomic mass is 32.2. The predicted molar refractivity (Wildman–Crippen MR) is 142 cm³/mol. The van der Waals surface area contributed by atoms with Crippen LogP contribution < -0.4 is 13.9 Å². The standard InChI is InChI=1S/C25H35F3N4O8S/c1-24(2,3)39-22(35)30(9-7-8-18(26)27)12-14-10-15-16(32(14)23(36)40-25(4,5)6)11-17(33)21(20(15)28)31-13-19(34)29-41(31,37)38/h11,14,18,33H,7-10,12-13H2,1-6H3,(H,29,34)/t14-/m1/s1. The summed E-state index contributed by atoms with van der Waals surface area (Å²) in [6.07, 6.45) is -5.25. The third kappa shape index (κ3) is 7.65. The second-order valence-corrected chi connectivity index (χ2v) is 13.4. The summed E-state index contributed by atoms with van der Waals surface area (Å²) in [7, 11) is -4.49. The van der Waals surface area contributed by atoms with Crippen LogP contribution in [-0.4, -0.2) is 79.8 Å². The van der Waals surface area contributed by atoms with E-state index in [0.29, 0.717) is 4.31 Å². The van der Waals surface area contributed by atoms with Crippen LogP contribution >= 0.6 is 0 Å². The summed E-state index contributed by atoms with van der Waals surface area (Å²) in [4.78, 5) is 40.2. The van der Waals surface area contributed by atoms with Crippen LogP contribution in [0.4, 0.5) is 34.1 Å². The number of hydrogen-bond acceptors (Lipinski definition) is 8. The number of rotatable bonds is 7. The van der Waals surface area contributed by atoms with E-state index in [9.17, 15) is 36.7 Å². The maximum atomic E-state index is 15.9. The van der Waals surface area contributed by atoms with Gasteiger partial charge in [0.1, 0.15) is 29.2 Å². The molecule has 3 amide bonds. The SMILES string of the molecule is CC(C)(C)OC(=O)N(CCCC(F)F)C[C@H]1Cc2c(cc(O)c(N3CC(=O)NS3(=O)=O)c2F)N1C(=O)OC(C)(C)C. The zero-order chi connectivity index (χ0) is 31.1. The van der Waals surface area contributed by atoms with Gasteiger partial charge in [-0.05, 0) is 48.0 Å². The molecular formula is C25H35F3N4O8S. The molecule has 1 aromatic carbocycles. The van der Waals surface area contributed by atoms with Gasteiger partial charge in [0, 0.05) is 37.6 Å². The molecule has 2 aliphatic rings. The maximum Gasteiger partial charge on any atom is 0.415 e. The molecule has 1 aromatic rings. The van der Waals surface area contributed by atoms with E-state index in [-0.39, 0.29) is 37.2 Å². The Morgan fingerprint density at radius 2 is 1.78 bits per heavy atom. The maximum absolute atomic E-state index is 15.9. The van der Waals surface area contributed by atoms with Crippen molar-refractivity contribution in [1.29, 1.82) is 0 Å². The van der Waals surface area contributed by atoms with Gasteiger partial charge in [-0.3, -0.25) is 9.69 Å². The minimum atomic E-state index is -4.49. The summed E-state index contributed by atoms with van der Waals surface area (Å²) < 4.78 is 79.4. The van der Waals surface area contributed by atoms with E-state index in [4.69, 9.17) is 9.47 Å². The zero-order valence-corrected chi connectivity index (χ0v) is 24.5. The Balaban J connectivity index is 2.05. The second kappa shape index (κ2) is 11.4. The van der Waals surface area contributed by atoms with Crippen LogP contribution in [-0.2, 0) is 30.9 Å². The minimum Gasteiger partial charge on any atom is -0.506 e. The van der Waals surface area contributed by atoms with Crippen LogP contribution in [0.15, 0.2) is 6.07 Å². The van der Waals surface area contributed by atoms with Crippen molar-refractivity contribution in [1.82, 2.24) is 9.62 Å². The molecule has 16 heteroatoms. The van der Waals surface area contributed by atoms with Crippen molar-refractivity contribution in [3.63, 3.8) is 0 Å². The molecule has 230 valence electrons. The van der Waals surface area contributed by atoms with Crippen LogP contribution in [0.3, 0.4) is 0 Å². The average molecular weight is 609 g/mol. The van der Waals surface area contributed by atoms with Gasteiger partial charge in [0.25, 0.3) is 5.91 Å². The monoisotopic (exact) mass is 608 g/mol. The highest BCUT2D eigenvalue weighted by Crippen LogP contribution is 2.45. The molecule has 0 radical (unpaired) electrons. The third-order valence-electron chi connectivity index (χ3n) is 5.96. The van der Waals surface area contributed by atoms with E-state index in [0.717, 1.165) is 15.9 Å². The van der Waals surface area contributed by atoms with Gasteiger partial charge in [-0.25, -0.2) is 31.8 Å². The van der Waals surface area contributed by atoms with Crippen LogP contribution in [0.2, 0.25) is 0 Å². The number of alkyl halides is 2. The van der Waals surface area contributed by atoms with Gasteiger partial charge in [0.2, 0.25) is 6.43 Å². The predicted octanol–water partition coefficient (Wildman–Crippen LogP) is 3.66. The zero-order valence-electron chi connectivity index (χ0n) is 23.7. The van der Waals surface area contributed by atoms with Crippen molar-refractivity contribution in [2.45, 2.75) is 84.5 Å². The largest absolute Gasteiger partial charge is 0.506 e. The second-order valence-electron chi connectivity index (χ2n) is 11.8. The molecule has 3 rings (SSSR count). The molecule has 2 N–H and O–H groups in total. The lowest BCUT2D eigenvalue weighted by Crippen LogP contribution is -2.49. The van der Waals surface area contributed by atoms with Crippen molar-refractivity contribution < 1.29 is 50.6 Å². The smallest absolute Gasteiger partial charge is 0.415 e. The Hall–Kier alpha value is -3.43. The Bertz CT molecular complexity index is 1310. The van der Waals surface area contributed by atoms with Crippen LogP contribution in [0, 0.1) is 5.82 Å². The van der Waals surface area contributed by atoms with E-state index in [1.807, 2.05) is 0 Å². The highest BCUT2D eigenvalue weighted by molar-refractivity contribution is 7.92. The van der Waals surface area contributed by atoms with Gasteiger partial charge >= 0.3 is 22.4 Å². The fraction of sp³-hybridized carbons (Fsp3) is 0.640. The number of anilines is 2. The fourth-order valence-corrected chi connectivity index (χ4v) is 5.61. The lowest BCUT2D eigenvalue weighted by atomic mass is 10.1. The lowest BCUT2D eigenvalue weighted by Gasteiger charge is -2.33. The molecule has 0 aliphatic carbocycles. The van der Waals surface area contributed by atoms with E-state index in [1.54, 1.807) is 46.3 Å². The number of nitrogens with zero attached hydrogens (tertiary/aromatic N) is 3.